The molecule has 1 heterocycles. The summed E-state index contributed by atoms with van der Waals surface area (Å²) in [5.41, 5.74) is 2.40. The Labute approximate surface area is 103 Å². The fourth-order valence-corrected chi connectivity index (χ4v) is 1.75. The quantitative estimate of drug-likeness (QED) is 0.635. The summed E-state index contributed by atoms with van der Waals surface area (Å²) in [5.74, 6) is 1.96. The third-order valence-corrected chi connectivity index (χ3v) is 2.73. The minimum absolute atomic E-state index is 0.0373. The largest absolute Gasteiger partial charge is 0.360 e. The molecule has 1 heteroatoms. The van der Waals surface area contributed by atoms with Gasteiger partial charge in [0.15, 0.2) is 0 Å². The molecule has 88 valence electrons. The van der Waals surface area contributed by atoms with Gasteiger partial charge in [0.2, 0.25) is 0 Å². The lowest BCUT2D eigenvalue weighted by Gasteiger charge is -2.09. The van der Waals surface area contributed by atoms with E-state index in [0.29, 0.717) is 0 Å². The molecule has 0 fully saturated rings. The van der Waals surface area contributed by atoms with E-state index in [9.17, 15) is 0 Å². The van der Waals surface area contributed by atoms with Crippen LogP contribution in [0.1, 0.15) is 32.1 Å². The van der Waals surface area contributed by atoms with Crippen LogP contribution in [0.2, 0.25) is 0 Å². The van der Waals surface area contributed by atoms with E-state index in [1.54, 1.807) is 0 Å². The maximum atomic E-state index is 6.01. The van der Waals surface area contributed by atoms with Crippen molar-refractivity contribution in [1.82, 2.24) is 0 Å². The predicted molar refractivity (Wildman–Crippen MR) is 72.0 cm³/mol. The van der Waals surface area contributed by atoms with Crippen molar-refractivity contribution >= 4 is 0 Å². The molecule has 0 saturated heterocycles. The molecule has 2 rings (SSSR count). The van der Waals surface area contributed by atoms with Gasteiger partial charge in [-0.15, -0.1) is 0 Å². The van der Waals surface area contributed by atoms with E-state index < -0.39 is 0 Å². The van der Waals surface area contributed by atoms with Gasteiger partial charge in [0.05, 0.1) is 11.0 Å². The molecule has 1 aromatic carbocycles. The van der Waals surface area contributed by atoms with Gasteiger partial charge in [0.1, 0.15) is 0 Å². The molecule has 0 unspecified atom stereocenters. The lowest BCUT2D eigenvalue weighted by molar-refractivity contribution is 0.404. The number of rotatable bonds is 1. The molecular formula is C16H19O+. The first-order valence-corrected chi connectivity index (χ1v) is 5.97. The maximum Gasteiger partial charge on any atom is 0.360 e. The van der Waals surface area contributed by atoms with E-state index in [2.05, 4.69) is 52.0 Å². The molecule has 17 heavy (non-hydrogen) atoms. The third-order valence-electron chi connectivity index (χ3n) is 2.73. The smallest absolute Gasteiger partial charge is 0.212 e. The summed E-state index contributed by atoms with van der Waals surface area (Å²) in [7, 11) is 0. The van der Waals surface area contributed by atoms with Crippen molar-refractivity contribution in [3.8, 4) is 11.3 Å². The molecule has 0 atom stereocenters. The molecule has 0 spiro atoms. The fourth-order valence-electron chi connectivity index (χ4n) is 1.75. The van der Waals surface area contributed by atoms with E-state index >= 15 is 0 Å². The highest BCUT2D eigenvalue weighted by Crippen LogP contribution is 2.28. The molecule has 0 amide bonds. The standard InChI is InChI=1S/C16H19O/c1-12-10-14(13-8-6-5-7-9-13)17-15(11-12)16(2,3)4/h5-11H,1-4H3/q+1. The summed E-state index contributed by atoms with van der Waals surface area (Å²) >= 11 is 0. The summed E-state index contributed by atoms with van der Waals surface area (Å²) in [6.45, 7) is 8.61. The first-order valence-electron chi connectivity index (χ1n) is 5.97. The Balaban J connectivity index is 2.54. The second kappa shape index (κ2) is 4.33. The average molecular weight is 227 g/mol. The minimum Gasteiger partial charge on any atom is -0.212 e. The first kappa shape index (κ1) is 11.8. The van der Waals surface area contributed by atoms with Crippen LogP contribution in [0, 0.1) is 6.92 Å². The van der Waals surface area contributed by atoms with Crippen LogP contribution < -0.4 is 0 Å². The van der Waals surface area contributed by atoms with Crippen molar-refractivity contribution in [1.29, 1.82) is 0 Å². The van der Waals surface area contributed by atoms with Gasteiger partial charge in [0, 0.05) is 12.1 Å². The predicted octanol–water partition coefficient (Wildman–Crippen LogP) is 4.83. The van der Waals surface area contributed by atoms with Crippen LogP contribution >= 0.6 is 0 Å². The molecule has 0 radical (unpaired) electrons. The van der Waals surface area contributed by atoms with Gasteiger partial charge in [-0.3, -0.25) is 0 Å². The van der Waals surface area contributed by atoms with Gasteiger partial charge in [-0.05, 0) is 45.4 Å². The van der Waals surface area contributed by atoms with Crippen molar-refractivity contribution in [3.05, 3.63) is 53.8 Å². The minimum atomic E-state index is 0.0373. The zero-order chi connectivity index (χ0) is 12.5. The Morgan fingerprint density at radius 1 is 0.941 bits per heavy atom. The van der Waals surface area contributed by atoms with E-state index in [1.807, 2.05) is 18.2 Å². The first-order chi connectivity index (χ1) is 7.97. The third kappa shape index (κ3) is 2.73. The van der Waals surface area contributed by atoms with Crippen molar-refractivity contribution in [2.75, 3.05) is 0 Å². The van der Waals surface area contributed by atoms with Gasteiger partial charge in [-0.25, -0.2) is 4.42 Å². The Bertz CT molecular complexity index is 507. The highest BCUT2D eigenvalue weighted by molar-refractivity contribution is 5.57. The van der Waals surface area contributed by atoms with Gasteiger partial charge >= 0.3 is 11.5 Å². The Kier molecular flexibility index (Phi) is 3.01. The lowest BCUT2D eigenvalue weighted by Crippen LogP contribution is -2.11. The molecule has 0 aliphatic rings. The van der Waals surface area contributed by atoms with Crippen molar-refractivity contribution in [2.45, 2.75) is 33.1 Å². The number of hydrogen-bond acceptors (Lipinski definition) is 0. The maximum absolute atomic E-state index is 6.01. The fraction of sp³-hybridized carbons (Fsp3) is 0.312. The normalized spacial score (nSPS) is 11.5. The number of hydrogen-bond donors (Lipinski definition) is 0. The van der Waals surface area contributed by atoms with Crippen LogP contribution in [0.3, 0.4) is 0 Å². The van der Waals surface area contributed by atoms with E-state index in [1.165, 1.54) is 5.56 Å². The molecule has 0 aliphatic heterocycles. The highest BCUT2D eigenvalue weighted by Gasteiger charge is 2.28. The second-order valence-electron chi connectivity index (χ2n) is 5.48. The van der Waals surface area contributed by atoms with Crippen LogP contribution in [-0.2, 0) is 5.41 Å². The van der Waals surface area contributed by atoms with Crippen molar-refractivity contribution < 1.29 is 4.42 Å². The number of benzene rings is 1. The van der Waals surface area contributed by atoms with E-state index in [0.717, 1.165) is 17.1 Å². The van der Waals surface area contributed by atoms with Crippen LogP contribution in [-0.4, -0.2) is 0 Å². The van der Waals surface area contributed by atoms with Crippen LogP contribution in [0.25, 0.3) is 11.3 Å². The number of aryl methyl sites for hydroxylation is 1. The van der Waals surface area contributed by atoms with E-state index in [4.69, 9.17) is 4.42 Å². The molecule has 0 N–H and O–H groups in total. The summed E-state index contributed by atoms with van der Waals surface area (Å²) in [5, 5.41) is 0. The topological polar surface area (TPSA) is 11.3 Å². The summed E-state index contributed by atoms with van der Waals surface area (Å²) in [4.78, 5) is 0. The molecule has 1 aromatic heterocycles. The molecule has 0 bridgehead atoms. The zero-order valence-electron chi connectivity index (χ0n) is 10.9. The summed E-state index contributed by atoms with van der Waals surface area (Å²) < 4.78 is 6.01. The Morgan fingerprint density at radius 2 is 1.59 bits per heavy atom. The Hall–Kier alpha value is -1.63. The monoisotopic (exact) mass is 227 g/mol. The lowest BCUT2D eigenvalue weighted by atomic mass is 9.92. The van der Waals surface area contributed by atoms with Gasteiger partial charge in [0.25, 0.3) is 0 Å². The average Bonchev–Trinajstić information content (AvgIpc) is 2.28. The molecule has 0 saturated carbocycles. The van der Waals surface area contributed by atoms with Crippen LogP contribution in [0.4, 0.5) is 0 Å². The molecular weight excluding hydrogens is 208 g/mol. The second-order valence-corrected chi connectivity index (χ2v) is 5.48. The Morgan fingerprint density at radius 3 is 2.18 bits per heavy atom. The SMILES string of the molecule is Cc1cc(-c2ccccc2)[o+]c(C(C)(C)C)c1. The summed E-state index contributed by atoms with van der Waals surface area (Å²) in [6, 6.07) is 14.4. The van der Waals surface area contributed by atoms with Crippen LogP contribution in [0.5, 0.6) is 0 Å². The van der Waals surface area contributed by atoms with Crippen molar-refractivity contribution in [2.24, 2.45) is 0 Å². The van der Waals surface area contributed by atoms with Gasteiger partial charge in [-0.2, -0.15) is 0 Å². The van der Waals surface area contributed by atoms with Crippen molar-refractivity contribution in [3.63, 3.8) is 0 Å². The van der Waals surface area contributed by atoms with Crippen LogP contribution in [0.15, 0.2) is 46.9 Å². The van der Waals surface area contributed by atoms with E-state index in [-0.39, 0.29) is 5.41 Å². The molecule has 1 nitrogen and oxygen atoms in total. The molecule has 0 aliphatic carbocycles. The van der Waals surface area contributed by atoms with Gasteiger partial charge in [-0.1, -0.05) is 18.2 Å². The summed E-state index contributed by atoms with van der Waals surface area (Å²) in [6.07, 6.45) is 0. The van der Waals surface area contributed by atoms with Gasteiger partial charge < -0.3 is 0 Å². The zero-order valence-corrected chi connectivity index (χ0v) is 10.9. The molecule has 2 aromatic rings. The highest BCUT2D eigenvalue weighted by atomic mass is 16.3.